The monoisotopic (exact) mass is 363 g/mol. The number of aromatic nitrogens is 5. The van der Waals surface area contributed by atoms with Gasteiger partial charge in [0.1, 0.15) is 17.8 Å². The zero-order valence-electron chi connectivity index (χ0n) is 13.8. The van der Waals surface area contributed by atoms with E-state index in [-0.39, 0.29) is 5.75 Å². The van der Waals surface area contributed by atoms with Crippen molar-refractivity contribution in [3.63, 3.8) is 0 Å². The Morgan fingerprint density at radius 2 is 1.96 bits per heavy atom. The molecule has 128 valence electrons. The summed E-state index contributed by atoms with van der Waals surface area (Å²) in [5, 5.41) is 15.3. The second-order valence-electron chi connectivity index (χ2n) is 5.72. The molecule has 4 aromatic rings. The van der Waals surface area contributed by atoms with Crippen LogP contribution >= 0.6 is 11.6 Å². The molecule has 0 fully saturated rings. The minimum Gasteiger partial charge on any atom is -0.508 e. The quantitative estimate of drug-likeness (QED) is 0.594. The van der Waals surface area contributed by atoms with Crippen LogP contribution in [0.4, 0.5) is 0 Å². The zero-order chi connectivity index (χ0) is 18.1. The Morgan fingerprint density at radius 3 is 2.65 bits per heavy atom. The van der Waals surface area contributed by atoms with Crippen molar-refractivity contribution in [3.8, 4) is 34.1 Å². The van der Waals surface area contributed by atoms with Gasteiger partial charge in [-0.15, -0.1) is 0 Å². The number of phenols is 1. The lowest BCUT2D eigenvalue weighted by Crippen LogP contribution is -1.97. The summed E-state index contributed by atoms with van der Waals surface area (Å²) in [7, 11) is 0. The number of hydrogen-bond donors (Lipinski definition) is 1. The van der Waals surface area contributed by atoms with Gasteiger partial charge in [-0.3, -0.25) is 0 Å². The SMILES string of the molecule is Cc1c(O)cc(-c2nn(-c3ccccn3)cc2-c2ccncn2)cc1Cl. The van der Waals surface area contributed by atoms with Crippen LogP contribution in [0.15, 0.2) is 61.3 Å². The fraction of sp³-hybridized carbons (Fsp3) is 0.0526. The highest BCUT2D eigenvalue weighted by Gasteiger charge is 2.17. The largest absolute Gasteiger partial charge is 0.508 e. The third-order valence-corrected chi connectivity index (χ3v) is 4.44. The van der Waals surface area contributed by atoms with Crippen molar-refractivity contribution >= 4 is 11.6 Å². The van der Waals surface area contributed by atoms with Crippen LogP contribution in [0.3, 0.4) is 0 Å². The van der Waals surface area contributed by atoms with Gasteiger partial charge in [0.2, 0.25) is 0 Å². The van der Waals surface area contributed by atoms with Crippen molar-refractivity contribution in [2.45, 2.75) is 6.92 Å². The molecule has 0 spiro atoms. The van der Waals surface area contributed by atoms with Gasteiger partial charge >= 0.3 is 0 Å². The maximum atomic E-state index is 10.2. The highest BCUT2D eigenvalue weighted by molar-refractivity contribution is 6.31. The first kappa shape index (κ1) is 16.2. The Bertz CT molecular complexity index is 1040. The molecule has 6 nitrogen and oxygen atoms in total. The van der Waals surface area contributed by atoms with Gasteiger partial charge in [-0.05, 0) is 37.3 Å². The summed E-state index contributed by atoms with van der Waals surface area (Å²) in [4.78, 5) is 12.6. The number of halogens is 1. The number of hydrogen-bond acceptors (Lipinski definition) is 5. The minimum atomic E-state index is 0.119. The number of phenolic OH excluding ortho intramolecular Hbond substituents is 1. The summed E-state index contributed by atoms with van der Waals surface area (Å²) in [5.41, 5.74) is 3.47. The summed E-state index contributed by atoms with van der Waals surface area (Å²) in [6.07, 6.45) is 6.71. The molecule has 0 saturated heterocycles. The van der Waals surface area contributed by atoms with E-state index in [1.807, 2.05) is 24.4 Å². The lowest BCUT2D eigenvalue weighted by molar-refractivity contribution is 0.471. The standard InChI is InChI=1S/C19H14ClN5O/c1-12-15(20)8-13(9-17(12)26)19-14(16-5-7-21-11-23-16)10-25(24-19)18-4-2-3-6-22-18/h2-11,26H,1H3. The molecule has 0 saturated carbocycles. The van der Waals surface area contributed by atoms with Gasteiger partial charge in [-0.25, -0.2) is 19.6 Å². The molecule has 1 N–H and O–H groups in total. The van der Waals surface area contributed by atoms with Gasteiger partial charge in [0.25, 0.3) is 0 Å². The van der Waals surface area contributed by atoms with Crippen molar-refractivity contribution in [2.24, 2.45) is 0 Å². The molecule has 3 heterocycles. The van der Waals surface area contributed by atoms with E-state index in [2.05, 4.69) is 20.1 Å². The molecule has 7 heteroatoms. The summed E-state index contributed by atoms with van der Waals surface area (Å²) in [6, 6.07) is 10.8. The molecule has 4 rings (SSSR count). The van der Waals surface area contributed by atoms with Crippen LogP contribution in [0.25, 0.3) is 28.3 Å². The van der Waals surface area contributed by atoms with E-state index >= 15 is 0 Å². The summed E-state index contributed by atoms with van der Waals surface area (Å²) in [5.74, 6) is 0.796. The molecule has 0 unspecified atom stereocenters. The molecule has 1 aromatic carbocycles. The predicted octanol–water partition coefficient (Wildman–Crippen LogP) is 4.06. The Morgan fingerprint density at radius 1 is 1.08 bits per heavy atom. The first-order valence-corrected chi connectivity index (χ1v) is 8.28. The smallest absolute Gasteiger partial charge is 0.153 e. The van der Waals surface area contributed by atoms with Gasteiger partial charge in [-0.2, -0.15) is 5.10 Å². The highest BCUT2D eigenvalue weighted by atomic mass is 35.5. The average Bonchev–Trinajstić information content (AvgIpc) is 3.12. The Hall–Kier alpha value is -3.25. The van der Waals surface area contributed by atoms with E-state index in [1.54, 1.807) is 42.2 Å². The third-order valence-electron chi connectivity index (χ3n) is 4.05. The van der Waals surface area contributed by atoms with Crippen LogP contribution in [0.2, 0.25) is 5.02 Å². The van der Waals surface area contributed by atoms with Crippen molar-refractivity contribution in [1.29, 1.82) is 0 Å². The van der Waals surface area contributed by atoms with E-state index in [4.69, 9.17) is 11.6 Å². The Labute approximate surface area is 154 Å². The highest BCUT2D eigenvalue weighted by Crippen LogP contribution is 2.36. The normalized spacial score (nSPS) is 10.8. The maximum absolute atomic E-state index is 10.2. The number of aromatic hydroxyl groups is 1. The number of nitrogens with zero attached hydrogens (tertiary/aromatic N) is 5. The molecule has 0 aliphatic heterocycles. The molecule has 0 radical (unpaired) electrons. The lowest BCUT2D eigenvalue weighted by atomic mass is 10.0. The van der Waals surface area contributed by atoms with Crippen LogP contribution < -0.4 is 0 Å². The number of pyridine rings is 1. The van der Waals surface area contributed by atoms with Crippen molar-refractivity contribution < 1.29 is 5.11 Å². The number of rotatable bonds is 3. The second kappa shape index (κ2) is 6.57. The van der Waals surface area contributed by atoms with Gasteiger partial charge in [-0.1, -0.05) is 17.7 Å². The second-order valence-corrected chi connectivity index (χ2v) is 6.13. The van der Waals surface area contributed by atoms with E-state index in [9.17, 15) is 5.11 Å². The topological polar surface area (TPSA) is 76.7 Å². The average molecular weight is 364 g/mol. The molecule has 0 amide bonds. The van der Waals surface area contributed by atoms with E-state index < -0.39 is 0 Å². The van der Waals surface area contributed by atoms with Crippen molar-refractivity contribution in [1.82, 2.24) is 24.7 Å². The lowest BCUT2D eigenvalue weighted by Gasteiger charge is -2.06. The van der Waals surface area contributed by atoms with Crippen LogP contribution in [-0.4, -0.2) is 29.8 Å². The summed E-state index contributed by atoms with van der Waals surface area (Å²) in [6.45, 7) is 1.76. The first-order valence-electron chi connectivity index (χ1n) is 7.90. The Kier molecular flexibility index (Phi) is 4.10. The van der Waals surface area contributed by atoms with Crippen LogP contribution in [-0.2, 0) is 0 Å². The Balaban J connectivity index is 1.94. The first-order chi connectivity index (χ1) is 12.6. The van der Waals surface area contributed by atoms with Gasteiger partial charge in [0, 0.05) is 40.3 Å². The molecule has 3 aromatic heterocycles. The van der Waals surface area contributed by atoms with Crippen LogP contribution in [0.5, 0.6) is 5.75 Å². The minimum absolute atomic E-state index is 0.119. The number of benzene rings is 1. The molecular weight excluding hydrogens is 350 g/mol. The maximum Gasteiger partial charge on any atom is 0.153 e. The molecule has 0 aliphatic carbocycles. The fourth-order valence-corrected chi connectivity index (χ4v) is 2.85. The van der Waals surface area contributed by atoms with E-state index in [1.165, 1.54) is 6.33 Å². The summed E-state index contributed by atoms with van der Waals surface area (Å²) < 4.78 is 1.68. The van der Waals surface area contributed by atoms with E-state index in [0.29, 0.717) is 33.4 Å². The van der Waals surface area contributed by atoms with Crippen molar-refractivity contribution in [3.05, 3.63) is 71.9 Å². The molecule has 26 heavy (non-hydrogen) atoms. The molecule has 0 aliphatic rings. The summed E-state index contributed by atoms with van der Waals surface area (Å²) >= 11 is 6.26. The molecule has 0 atom stereocenters. The fourth-order valence-electron chi connectivity index (χ4n) is 2.63. The van der Waals surface area contributed by atoms with Crippen molar-refractivity contribution in [2.75, 3.05) is 0 Å². The molecule has 0 bridgehead atoms. The molecular formula is C19H14ClN5O. The zero-order valence-corrected chi connectivity index (χ0v) is 14.6. The van der Waals surface area contributed by atoms with Crippen LogP contribution in [0.1, 0.15) is 5.56 Å². The third kappa shape index (κ3) is 2.91. The van der Waals surface area contributed by atoms with Gasteiger partial charge in [0.05, 0.1) is 5.69 Å². The van der Waals surface area contributed by atoms with Gasteiger partial charge < -0.3 is 5.11 Å². The van der Waals surface area contributed by atoms with E-state index in [0.717, 1.165) is 5.56 Å². The predicted molar refractivity (Wildman–Crippen MR) is 99.2 cm³/mol. The van der Waals surface area contributed by atoms with Gasteiger partial charge in [0.15, 0.2) is 5.82 Å². The van der Waals surface area contributed by atoms with Crippen LogP contribution in [0, 0.1) is 6.92 Å².